The zero-order chi connectivity index (χ0) is 13.7. The van der Waals surface area contributed by atoms with Gasteiger partial charge in [-0.15, -0.1) is 0 Å². The van der Waals surface area contributed by atoms with E-state index in [2.05, 4.69) is 15.6 Å². The molecular weight excluding hydrogens is 240 g/mol. The molecule has 1 aromatic heterocycles. The minimum absolute atomic E-state index is 0.140. The summed E-state index contributed by atoms with van der Waals surface area (Å²) in [5, 5.41) is 6.17. The summed E-state index contributed by atoms with van der Waals surface area (Å²) in [6.45, 7) is 2.49. The number of nitrogens with one attached hydrogen (secondary N) is 2. The Hall–Kier alpha value is -1.62. The Labute approximate surface area is 114 Å². The van der Waals surface area contributed by atoms with Gasteiger partial charge >= 0.3 is 0 Å². The number of carbonyl (C=O) groups excluding carboxylic acids is 1. The Balaban J connectivity index is 2.04. The normalized spacial score (nSPS) is 22.8. The van der Waals surface area contributed by atoms with Crippen LogP contribution in [-0.2, 0) is 0 Å². The highest BCUT2D eigenvalue weighted by Gasteiger charge is 2.21. The Morgan fingerprint density at radius 3 is 3.00 bits per heavy atom. The summed E-state index contributed by atoms with van der Waals surface area (Å²) < 4.78 is 0. The number of amides is 1. The van der Waals surface area contributed by atoms with E-state index in [9.17, 15) is 4.79 Å². The predicted molar refractivity (Wildman–Crippen MR) is 76.1 cm³/mol. The van der Waals surface area contributed by atoms with Crippen LogP contribution in [-0.4, -0.2) is 29.5 Å². The van der Waals surface area contributed by atoms with Crippen molar-refractivity contribution >= 4 is 11.6 Å². The molecule has 2 atom stereocenters. The summed E-state index contributed by atoms with van der Waals surface area (Å²) in [6.07, 6.45) is 6.21. The maximum Gasteiger partial charge on any atom is 0.269 e. The van der Waals surface area contributed by atoms with Crippen LogP contribution < -0.4 is 16.4 Å². The lowest BCUT2D eigenvalue weighted by Gasteiger charge is -2.30. The number of hydrogen-bond acceptors (Lipinski definition) is 4. The zero-order valence-electron chi connectivity index (χ0n) is 11.4. The van der Waals surface area contributed by atoms with E-state index in [0.29, 0.717) is 18.3 Å². The van der Waals surface area contributed by atoms with Crippen molar-refractivity contribution in [2.75, 3.05) is 11.9 Å². The Morgan fingerprint density at radius 1 is 1.47 bits per heavy atom. The molecule has 0 radical (unpaired) electrons. The number of nitrogens with two attached hydrogens (primary N) is 1. The van der Waals surface area contributed by atoms with Crippen LogP contribution >= 0.6 is 0 Å². The number of carbonyl (C=O) groups is 1. The molecule has 0 bridgehead atoms. The fourth-order valence-electron chi connectivity index (χ4n) is 2.45. The van der Waals surface area contributed by atoms with Crippen LogP contribution in [0.1, 0.15) is 43.1 Å². The lowest BCUT2D eigenvalue weighted by Crippen LogP contribution is -2.42. The summed E-state index contributed by atoms with van der Waals surface area (Å²) in [5.41, 5.74) is 7.47. The topological polar surface area (TPSA) is 80.0 Å². The van der Waals surface area contributed by atoms with E-state index >= 15 is 0 Å². The van der Waals surface area contributed by atoms with Gasteiger partial charge in [-0.3, -0.25) is 9.78 Å². The fourth-order valence-corrected chi connectivity index (χ4v) is 2.45. The second-order valence-corrected chi connectivity index (χ2v) is 4.99. The molecule has 2 rings (SSSR count). The van der Waals surface area contributed by atoms with Gasteiger partial charge in [-0.1, -0.05) is 12.8 Å². The van der Waals surface area contributed by atoms with Crippen LogP contribution in [0.5, 0.6) is 0 Å². The molecule has 104 valence electrons. The molecule has 1 heterocycles. The second-order valence-electron chi connectivity index (χ2n) is 4.99. The average molecular weight is 262 g/mol. The fraction of sp³-hybridized carbons (Fsp3) is 0.571. The van der Waals surface area contributed by atoms with Gasteiger partial charge in [-0.25, -0.2) is 0 Å². The molecule has 5 heteroatoms. The molecule has 1 amide bonds. The zero-order valence-corrected chi connectivity index (χ0v) is 11.4. The van der Waals surface area contributed by atoms with Gasteiger partial charge in [0.2, 0.25) is 0 Å². The largest absolute Gasteiger partial charge is 0.381 e. The van der Waals surface area contributed by atoms with E-state index < -0.39 is 0 Å². The second kappa shape index (κ2) is 6.52. The lowest BCUT2D eigenvalue weighted by molar-refractivity contribution is 0.0951. The molecule has 0 aliphatic heterocycles. The standard InChI is InChI=1S/C14H22N4O/c1-2-16-14(19)13-9-10(7-8-17-13)18-12-6-4-3-5-11(12)15/h7-9,11-12H,2-6,15H2,1H3,(H,16,19)(H,17,18)/t11-,12-/m1/s1. The Kier molecular flexibility index (Phi) is 4.74. The maximum atomic E-state index is 11.7. The van der Waals surface area contributed by atoms with Crippen molar-refractivity contribution < 1.29 is 4.79 Å². The smallest absolute Gasteiger partial charge is 0.269 e. The first kappa shape index (κ1) is 13.8. The van der Waals surface area contributed by atoms with Crippen molar-refractivity contribution in [3.05, 3.63) is 24.0 Å². The van der Waals surface area contributed by atoms with Gasteiger partial charge in [0.25, 0.3) is 5.91 Å². The molecule has 1 saturated carbocycles. The van der Waals surface area contributed by atoms with Crippen LogP contribution in [0.3, 0.4) is 0 Å². The lowest BCUT2D eigenvalue weighted by atomic mass is 9.91. The van der Waals surface area contributed by atoms with Crippen LogP contribution in [0.2, 0.25) is 0 Å². The SMILES string of the molecule is CCNC(=O)c1cc(N[C@@H]2CCCC[C@H]2N)ccn1. The predicted octanol–water partition coefficient (Wildman–Crippen LogP) is 1.51. The number of aromatic nitrogens is 1. The van der Waals surface area contributed by atoms with E-state index in [1.165, 1.54) is 12.8 Å². The van der Waals surface area contributed by atoms with Gasteiger partial charge in [0.15, 0.2) is 0 Å². The Bertz CT molecular complexity index is 435. The van der Waals surface area contributed by atoms with E-state index in [-0.39, 0.29) is 11.9 Å². The summed E-state index contributed by atoms with van der Waals surface area (Å²) in [6, 6.07) is 4.14. The first-order chi connectivity index (χ1) is 9.20. The molecule has 0 saturated heterocycles. The van der Waals surface area contributed by atoms with E-state index in [0.717, 1.165) is 18.5 Å². The van der Waals surface area contributed by atoms with Crippen LogP contribution in [0.25, 0.3) is 0 Å². The quantitative estimate of drug-likeness (QED) is 0.768. The summed E-state index contributed by atoms with van der Waals surface area (Å²) in [7, 11) is 0. The molecule has 1 aliphatic carbocycles. The number of rotatable bonds is 4. The van der Waals surface area contributed by atoms with Gasteiger partial charge in [-0.2, -0.15) is 0 Å². The summed E-state index contributed by atoms with van der Waals surface area (Å²) in [5.74, 6) is -0.140. The minimum atomic E-state index is -0.140. The molecule has 4 N–H and O–H groups in total. The minimum Gasteiger partial charge on any atom is -0.381 e. The van der Waals surface area contributed by atoms with E-state index in [4.69, 9.17) is 5.73 Å². The Morgan fingerprint density at radius 2 is 2.26 bits per heavy atom. The van der Waals surface area contributed by atoms with Crippen molar-refractivity contribution in [3.63, 3.8) is 0 Å². The van der Waals surface area contributed by atoms with Gasteiger partial charge in [-0.05, 0) is 31.9 Å². The summed E-state index contributed by atoms with van der Waals surface area (Å²) >= 11 is 0. The molecule has 1 fully saturated rings. The first-order valence-corrected chi connectivity index (χ1v) is 6.97. The third kappa shape index (κ3) is 3.67. The molecule has 1 aromatic rings. The van der Waals surface area contributed by atoms with Crippen LogP contribution in [0.4, 0.5) is 5.69 Å². The van der Waals surface area contributed by atoms with E-state index in [1.54, 1.807) is 12.3 Å². The van der Waals surface area contributed by atoms with Crippen molar-refractivity contribution in [2.24, 2.45) is 5.73 Å². The number of anilines is 1. The molecule has 0 unspecified atom stereocenters. The van der Waals surface area contributed by atoms with Crippen molar-refractivity contribution in [2.45, 2.75) is 44.7 Å². The molecule has 0 spiro atoms. The maximum absolute atomic E-state index is 11.7. The van der Waals surface area contributed by atoms with Crippen molar-refractivity contribution in [1.82, 2.24) is 10.3 Å². The number of nitrogens with zero attached hydrogens (tertiary/aromatic N) is 1. The first-order valence-electron chi connectivity index (χ1n) is 6.97. The molecular formula is C14H22N4O. The van der Waals surface area contributed by atoms with Gasteiger partial charge < -0.3 is 16.4 Å². The number of pyridine rings is 1. The van der Waals surface area contributed by atoms with E-state index in [1.807, 2.05) is 13.0 Å². The molecule has 0 aromatic carbocycles. The van der Waals surface area contributed by atoms with Gasteiger partial charge in [0.05, 0.1) is 0 Å². The highest BCUT2D eigenvalue weighted by Crippen LogP contribution is 2.21. The van der Waals surface area contributed by atoms with Gasteiger partial charge in [0.1, 0.15) is 5.69 Å². The third-order valence-electron chi connectivity index (χ3n) is 3.50. The molecule has 1 aliphatic rings. The van der Waals surface area contributed by atoms with Crippen LogP contribution in [0, 0.1) is 0 Å². The van der Waals surface area contributed by atoms with Crippen molar-refractivity contribution in [3.8, 4) is 0 Å². The third-order valence-corrected chi connectivity index (χ3v) is 3.50. The number of hydrogen-bond donors (Lipinski definition) is 3. The summed E-state index contributed by atoms with van der Waals surface area (Å²) in [4.78, 5) is 15.8. The highest BCUT2D eigenvalue weighted by atomic mass is 16.1. The van der Waals surface area contributed by atoms with Gasteiger partial charge in [0, 0.05) is 30.5 Å². The average Bonchev–Trinajstić information content (AvgIpc) is 2.42. The van der Waals surface area contributed by atoms with Crippen molar-refractivity contribution in [1.29, 1.82) is 0 Å². The monoisotopic (exact) mass is 262 g/mol. The molecule has 5 nitrogen and oxygen atoms in total. The molecule has 19 heavy (non-hydrogen) atoms. The van der Waals surface area contributed by atoms with Crippen LogP contribution in [0.15, 0.2) is 18.3 Å². The highest BCUT2D eigenvalue weighted by molar-refractivity contribution is 5.93.